The number of alkyl halides is 2. The molecule has 0 spiro atoms. The average molecular weight is 389 g/mol. The predicted octanol–water partition coefficient (Wildman–Crippen LogP) is 5.02. The first-order valence-corrected chi connectivity index (χ1v) is 7.76. The summed E-state index contributed by atoms with van der Waals surface area (Å²) in [5, 5.41) is 1.91. The molecule has 3 nitrogen and oxygen atoms in total. The lowest BCUT2D eigenvalue weighted by Crippen LogP contribution is -2.04. The molecule has 1 aromatic carbocycles. The summed E-state index contributed by atoms with van der Waals surface area (Å²) in [6, 6.07) is 5.95. The number of ether oxygens (including phenoxy) is 2. The molecule has 116 valence electrons. The Morgan fingerprint density at radius 2 is 2.09 bits per heavy atom. The van der Waals surface area contributed by atoms with Crippen LogP contribution >= 0.6 is 27.3 Å². The van der Waals surface area contributed by atoms with Crippen LogP contribution in [0.25, 0.3) is 6.08 Å². The first-order valence-electron chi connectivity index (χ1n) is 6.09. The van der Waals surface area contributed by atoms with E-state index in [1.165, 1.54) is 42.7 Å². The van der Waals surface area contributed by atoms with Gasteiger partial charge < -0.3 is 9.47 Å². The molecule has 0 radical (unpaired) electrons. The minimum atomic E-state index is -2.95. The van der Waals surface area contributed by atoms with Gasteiger partial charge in [0, 0.05) is 20.3 Å². The normalized spacial score (nSPS) is 11.1. The van der Waals surface area contributed by atoms with Gasteiger partial charge in [0.15, 0.2) is 17.3 Å². The molecule has 7 heteroatoms. The third kappa shape index (κ3) is 4.38. The number of methoxy groups -OCH3 is 1. The van der Waals surface area contributed by atoms with E-state index in [4.69, 9.17) is 4.74 Å². The topological polar surface area (TPSA) is 35.5 Å². The second-order valence-corrected chi connectivity index (χ2v) is 5.97. The monoisotopic (exact) mass is 388 g/mol. The van der Waals surface area contributed by atoms with Crippen LogP contribution in [-0.2, 0) is 0 Å². The largest absolute Gasteiger partial charge is 0.493 e. The maximum Gasteiger partial charge on any atom is 0.387 e. The highest BCUT2D eigenvalue weighted by Crippen LogP contribution is 2.30. The van der Waals surface area contributed by atoms with Crippen molar-refractivity contribution in [2.45, 2.75) is 6.61 Å². The van der Waals surface area contributed by atoms with Crippen molar-refractivity contribution in [3.05, 3.63) is 50.6 Å². The molecule has 0 unspecified atom stereocenters. The van der Waals surface area contributed by atoms with Gasteiger partial charge in [-0.05, 0) is 52.3 Å². The third-order valence-electron chi connectivity index (χ3n) is 2.65. The van der Waals surface area contributed by atoms with Crippen LogP contribution in [0.4, 0.5) is 8.78 Å². The molecule has 1 heterocycles. The number of carbonyl (C=O) groups excluding carboxylic acids is 1. The molecule has 22 heavy (non-hydrogen) atoms. The van der Waals surface area contributed by atoms with Crippen LogP contribution in [-0.4, -0.2) is 19.5 Å². The fourth-order valence-electron chi connectivity index (χ4n) is 1.68. The van der Waals surface area contributed by atoms with E-state index < -0.39 is 6.61 Å². The van der Waals surface area contributed by atoms with Crippen molar-refractivity contribution >= 4 is 39.1 Å². The molecule has 0 atom stereocenters. The Kier molecular flexibility index (Phi) is 5.68. The Morgan fingerprint density at radius 1 is 1.32 bits per heavy atom. The molecule has 0 aliphatic carbocycles. The van der Waals surface area contributed by atoms with Gasteiger partial charge in [-0.2, -0.15) is 8.78 Å². The molecule has 0 saturated heterocycles. The number of carbonyl (C=O) groups is 1. The summed E-state index contributed by atoms with van der Waals surface area (Å²) in [6.45, 7) is -2.95. The number of thiophene rings is 1. The SMILES string of the molecule is COc1cc(C(=O)/C=C/c2cc(Br)cs2)ccc1OC(F)F. The smallest absolute Gasteiger partial charge is 0.387 e. The highest BCUT2D eigenvalue weighted by molar-refractivity contribution is 9.10. The molecular weight excluding hydrogens is 378 g/mol. The van der Waals surface area contributed by atoms with Crippen LogP contribution in [0.3, 0.4) is 0 Å². The summed E-state index contributed by atoms with van der Waals surface area (Å²) >= 11 is 4.82. The zero-order chi connectivity index (χ0) is 16.1. The maximum absolute atomic E-state index is 12.2. The number of hydrogen-bond acceptors (Lipinski definition) is 4. The Labute approximate surface area is 138 Å². The maximum atomic E-state index is 12.2. The van der Waals surface area contributed by atoms with Crippen molar-refractivity contribution < 1.29 is 23.0 Å². The zero-order valence-electron chi connectivity index (χ0n) is 11.4. The highest BCUT2D eigenvalue weighted by atomic mass is 79.9. The van der Waals surface area contributed by atoms with Gasteiger partial charge >= 0.3 is 6.61 Å². The molecule has 0 N–H and O–H groups in total. The summed E-state index contributed by atoms with van der Waals surface area (Å²) in [5.41, 5.74) is 0.324. The van der Waals surface area contributed by atoms with E-state index >= 15 is 0 Å². The van der Waals surface area contributed by atoms with Crippen molar-refractivity contribution in [2.75, 3.05) is 7.11 Å². The number of rotatable bonds is 6. The van der Waals surface area contributed by atoms with Crippen LogP contribution in [0.1, 0.15) is 15.2 Å². The first-order chi connectivity index (χ1) is 10.5. The number of halogens is 3. The third-order valence-corrected chi connectivity index (χ3v) is 4.31. The Bertz CT molecular complexity index is 698. The van der Waals surface area contributed by atoms with Gasteiger partial charge in [0.2, 0.25) is 0 Å². The van der Waals surface area contributed by atoms with E-state index in [0.29, 0.717) is 5.56 Å². The summed E-state index contributed by atoms with van der Waals surface area (Å²) < 4.78 is 34.7. The van der Waals surface area contributed by atoms with E-state index in [1.54, 1.807) is 6.08 Å². The molecule has 0 saturated carbocycles. The van der Waals surface area contributed by atoms with E-state index in [9.17, 15) is 13.6 Å². The van der Waals surface area contributed by atoms with Crippen molar-refractivity contribution in [2.24, 2.45) is 0 Å². The summed E-state index contributed by atoms with van der Waals surface area (Å²) in [6.07, 6.45) is 3.11. The van der Waals surface area contributed by atoms with E-state index in [1.807, 2.05) is 11.4 Å². The summed E-state index contributed by atoms with van der Waals surface area (Å²) in [4.78, 5) is 13.0. The van der Waals surface area contributed by atoms with Gasteiger partial charge in [-0.1, -0.05) is 0 Å². The van der Waals surface area contributed by atoms with Crippen LogP contribution in [0.15, 0.2) is 40.2 Å². The van der Waals surface area contributed by atoms with Crippen LogP contribution < -0.4 is 9.47 Å². The number of ketones is 1. The summed E-state index contributed by atoms with van der Waals surface area (Å²) in [7, 11) is 1.32. The Morgan fingerprint density at radius 3 is 2.68 bits per heavy atom. The molecule has 0 aliphatic heterocycles. The minimum Gasteiger partial charge on any atom is -0.493 e. The molecule has 2 rings (SSSR count). The highest BCUT2D eigenvalue weighted by Gasteiger charge is 2.13. The van der Waals surface area contributed by atoms with Crippen LogP contribution in [0.5, 0.6) is 11.5 Å². The van der Waals surface area contributed by atoms with E-state index in [2.05, 4.69) is 20.7 Å². The first kappa shape index (κ1) is 16.6. The van der Waals surface area contributed by atoms with Crippen molar-refractivity contribution in [3.63, 3.8) is 0 Å². The molecular formula is C15H11BrF2O3S. The molecule has 0 bridgehead atoms. The van der Waals surface area contributed by atoms with Crippen molar-refractivity contribution in [1.29, 1.82) is 0 Å². The number of allylic oxidation sites excluding steroid dienone is 1. The van der Waals surface area contributed by atoms with Gasteiger partial charge in [-0.15, -0.1) is 11.3 Å². The Hall–Kier alpha value is -1.73. The zero-order valence-corrected chi connectivity index (χ0v) is 13.8. The van der Waals surface area contributed by atoms with Crippen LogP contribution in [0, 0.1) is 0 Å². The van der Waals surface area contributed by atoms with Crippen molar-refractivity contribution in [1.82, 2.24) is 0 Å². The van der Waals surface area contributed by atoms with Gasteiger partial charge in [-0.3, -0.25) is 4.79 Å². The second kappa shape index (κ2) is 7.51. The Balaban J connectivity index is 2.17. The van der Waals surface area contributed by atoms with Gasteiger partial charge in [0.05, 0.1) is 7.11 Å². The lowest BCUT2D eigenvalue weighted by atomic mass is 10.1. The van der Waals surface area contributed by atoms with Crippen LogP contribution in [0.2, 0.25) is 0 Å². The minimum absolute atomic E-state index is 0.0819. The van der Waals surface area contributed by atoms with E-state index in [-0.39, 0.29) is 17.3 Å². The molecule has 2 aromatic rings. The average Bonchev–Trinajstić information content (AvgIpc) is 2.90. The predicted molar refractivity (Wildman–Crippen MR) is 85.0 cm³/mol. The van der Waals surface area contributed by atoms with E-state index in [0.717, 1.165) is 9.35 Å². The molecule has 0 fully saturated rings. The lowest BCUT2D eigenvalue weighted by molar-refractivity contribution is -0.0512. The molecule has 1 aromatic heterocycles. The number of benzene rings is 1. The van der Waals surface area contributed by atoms with Gasteiger partial charge in [-0.25, -0.2) is 0 Å². The molecule has 0 amide bonds. The fraction of sp³-hybridized carbons (Fsp3) is 0.133. The van der Waals surface area contributed by atoms with Gasteiger partial charge in [0.25, 0.3) is 0 Å². The quantitative estimate of drug-likeness (QED) is 0.514. The van der Waals surface area contributed by atoms with Crippen molar-refractivity contribution in [3.8, 4) is 11.5 Å². The number of hydrogen-bond donors (Lipinski definition) is 0. The fourth-order valence-corrected chi connectivity index (χ4v) is 3.02. The lowest BCUT2D eigenvalue weighted by Gasteiger charge is -2.10. The standard InChI is InChI=1S/C15H11BrF2O3S/c1-20-14-6-9(2-5-13(14)21-15(17)18)12(19)4-3-11-7-10(16)8-22-11/h2-8,15H,1H3/b4-3+. The molecule has 0 aliphatic rings. The summed E-state index contributed by atoms with van der Waals surface area (Å²) in [5.74, 6) is -0.287. The van der Waals surface area contributed by atoms with Gasteiger partial charge in [0.1, 0.15) is 0 Å². The second-order valence-electron chi connectivity index (χ2n) is 4.11.